The molecule has 0 bridgehead atoms. The fraction of sp³-hybridized carbons (Fsp3) is 0.455. The predicted octanol–water partition coefficient (Wildman–Crippen LogP) is 1.61. The van der Waals surface area contributed by atoms with Crippen LogP contribution < -0.4 is 5.73 Å². The quantitative estimate of drug-likeness (QED) is 0.857. The highest BCUT2D eigenvalue weighted by Gasteiger charge is 2.11. The van der Waals surface area contributed by atoms with Crippen LogP contribution in [0.3, 0.4) is 0 Å². The summed E-state index contributed by atoms with van der Waals surface area (Å²) in [5.74, 6) is -0.282. The molecular formula is C11H16FNO2S. The summed E-state index contributed by atoms with van der Waals surface area (Å²) in [5, 5.41) is 0. The number of nitrogens with two attached hydrogens (primary N) is 1. The molecule has 0 heterocycles. The van der Waals surface area contributed by atoms with Crippen molar-refractivity contribution in [1.82, 2.24) is 0 Å². The van der Waals surface area contributed by atoms with E-state index in [1.807, 2.05) is 6.92 Å². The summed E-state index contributed by atoms with van der Waals surface area (Å²) in [7, 11) is -3.09. The van der Waals surface area contributed by atoms with Crippen LogP contribution in [0.15, 0.2) is 18.2 Å². The van der Waals surface area contributed by atoms with Gasteiger partial charge in [-0.05, 0) is 18.1 Å². The maximum absolute atomic E-state index is 13.1. The number of sulfone groups is 1. The molecule has 0 aliphatic rings. The molecule has 0 amide bonds. The average molecular weight is 245 g/mol. The molecule has 0 aliphatic carbocycles. The van der Waals surface area contributed by atoms with Crippen molar-refractivity contribution in [2.45, 2.75) is 25.6 Å². The highest BCUT2D eigenvalue weighted by atomic mass is 32.2. The largest absolute Gasteiger partial charge is 0.326 e. The maximum atomic E-state index is 13.1. The van der Waals surface area contributed by atoms with Crippen LogP contribution in [0.1, 0.15) is 24.5 Å². The molecule has 2 N–H and O–H groups in total. The van der Waals surface area contributed by atoms with Gasteiger partial charge in [-0.2, -0.15) is 0 Å². The molecule has 0 fully saturated rings. The van der Waals surface area contributed by atoms with Gasteiger partial charge in [0, 0.05) is 12.1 Å². The Kier molecular flexibility index (Phi) is 4.44. The van der Waals surface area contributed by atoms with Crippen molar-refractivity contribution in [1.29, 1.82) is 0 Å². The molecule has 0 spiro atoms. The molecule has 0 saturated carbocycles. The van der Waals surface area contributed by atoms with E-state index in [9.17, 15) is 12.8 Å². The minimum Gasteiger partial charge on any atom is -0.326 e. The van der Waals surface area contributed by atoms with Crippen molar-refractivity contribution in [2.75, 3.05) is 5.75 Å². The van der Waals surface area contributed by atoms with E-state index >= 15 is 0 Å². The number of benzene rings is 1. The van der Waals surface area contributed by atoms with Crippen LogP contribution >= 0.6 is 0 Å². The summed E-state index contributed by atoms with van der Waals surface area (Å²) < 4.78 is 36.2. The number of rotatable bonds is 5. The van der Waals surface area contributed by atoms with Crippen LogP contribution in [-0.4, -0.2) is 14.2 Å². The summed E-state index contributed by atoms with van der Waals surface area (Å²) >= 11 is 0. The van der Waals surface area contributed by atoms with E-state index in [1.54, 1.807) is 0 Å². The molecule has 0 radical (unpaired) electrons. The van der Waals surface area contributed by atoms with E-state index in [0.29, 0.717) is 17.5 Å². The monoisotopic (exact) mass is 245 g/mol. The van der Waals surface area contributed by atoms with Crippen LogP contribution in [0.5, 0.6) is 0 Å². The third-order valence-corrected chi connectivity index (χ3v) is 4.04. The highest BCUT2D eigenvalue weighted by Crippen LogP contribution is 2.13. The first-order chi connectivity index (χ1) is 7.48. The second kappa shape index (κ2) is 5.41. The molecule has 0 unspecified atom stereocenters. The molecule has 0 atom stereocenters. The molecular weight excluding hydrogens is 229 g/mol. The van der Waals surface area contributed by atoms with E-state index in [0.717, 1.165) is 0 Å². The Balaban J connectivity index is 2.90. The van der Waals surface area contributed by atoms with Crippen molar-refractivity contribution in [3.8, 4) is 0 Å². The van der Waals surface area contributed by atoms with E-state index in [-0.39, 0.29) is 23.9 Å². The van der Waals surface area contributed by atoms with E-state index in [4.69, 9.17) is 5.73 Å². The molecule has 1 aromatic carbocycles. The van der Waals surface area contributed by atoms with Gasteiger partial charge in [0.1, 0.15) is 5.82 Å². The maximum Gasteiger partial charge on any atom is 0.154 e. The zero-order valence-electron chi connectivity index (χ0n) is 9.24. The van der Waals surface area contributed by atoms with E-state index < -0.39 is 9.84 Å². The Morgan fingerprint density at radius 1 is 1.38 bits per heavy atom. The Morgan fingerprint density at radius 3 is 2.62 bits per heavy atom. The van der Waals surface area contributed by atoms with Crippen LogP contribution in [0.4, 0.5) is 4.39 Å². The van der Waals surface area contributed by atoms with Gasteiger partial charge >= 0.3 is 0 Å². The van der Waals surface area contributed by atoms with Gasteiger partial charge in [0.15, 0.2) is 9.84 Å². The molecule has 0 aliphatic heterocycles. The van der Waals surface area contributed by atoms with Gasteiger partial charge in [-0.25, -0.2) is 12.8 Å². The molecule has 90 valence electrons. The number of halogens is 1. The Hall–Kier alpha value is -0.940. The molecule has 5 heteroatoms. The Bertz CT molecular complexity index is 457. The highest BCUT2D eigenvalue weighted by molar-refractivity contribution is 7.90. The average Bonchev–Trinajstić information content (AvgIpc) is 2.20. The topological polar surface area (TPSA) is 60.2 Å². The second-order valence-corrected chi connectivity index (χ2v) is 5.91. The van der Waals surface area contributed by atoms with Gasteiger partial charge in [-0.1, -0.05) is 19.1 Å². The summed E-state index contributed by atoms with van der Waals surface area (Å²) in [4.78, 5) is 0. The van der Waals surface area contributed by atoms with Crippen LogP contribution in [0.2, 0.25) is 0 Å². The lowest BCUT2D eigenvalue weighted by atomic mass is 10.1. The second-order valence-electron chi connectivity index (χ2n) is 3.72. The summed E-state index contributed by atoms with van der Waals surface area (Å²) in [6.45, 7) is 1.89. The first kappa shape index (κ1) is 13.1. The number of hydrogen-bond acceptors (Lipinski definition) is 3. The zero-order valence-corrected chi connectivity index (χ0v) is 10.1. The van der Waals surface area contributed by atoms with Gasteiger partial charge in [0.25, 0.3) is 0 Å². The lowest BCUT2D eigenvalue weighted by Crippen LogP contribution is -2.09. The summed E-state index contributed by atoms with van der Waals surface area (Å²) in [5.41, 5.74) is 6.30. The molecule has 1 rings (SSSR count). The third kappa shape index (κ3) is 3.57. The third-order valence-electron chi connectivity index (χ3n) is 2.23. The van der Waals surface area contributed by atoms with Crippen LogP contribution in [0.25, 0.3) is 0 Å². The van der Waals surface area contributed by atoms with Gasteiger partial charge in [-0.3, -0.25) is 0 Å². The van der Waals surface area contributed by atoms with Crippen molar-refractivity contribution in [3.05, 3.63) is 35.1 Å². The van der Waals surface area contributed by atoms with Crippen molar-refractivity contribution < 1.29 is 12.8 Å². The van der Waals surface area contributed by atoms with Crippen molar-refractivity contribution in [2.24, 2.45) is 5.73 Å². The Labute approximate surface area is 95.4 Å². The SMILES string of the molecule is CCCS(=O)(=O)Cc1ccc(F)c(CN)c1. The summed E-state index contributed by atoms with van der Waals surface area (Å²) in [6, 6.07) is 4.27. The van der Waals surface area contributed by atoms with E-state index in [1.165, 1.54) is 18.2 Å². The van der Waals surface area contributed by atoms with E-state index in [2.05, 4.69) is 0 Å². The lowest BCUT2D eigenvalue weighted by molar-refractivity contribution is 0.592. The van der Waals surface area contributed by atoms with Gasteiger partial charge in [0.05, 0.1) is 11.5 Å². The first-order valence-electron chi connectivity index (χ1n) is 5.16. The molecule has 3 nitrogen and oxygen atoms in total. The van der Waals surface area contributed by atoms with Crippen LogP contribution in [-0.2, 0) is 22.1 Å². The predicted molar refractivity (Wildman–Crippen MR) is 62.1 cm³/mol. The number of hydrogen-bond donors (Lipinski definition) is 1. The minimum atomic E-state index is -3.09. The molecule has 1 aromatic rings. The van der Waals surface area contributed by atoms with Gasteiger partial charge < -0.3 is 5.73 Å². The fourth-order valence-corrected chi connectivity index (χ4v) is 2.97. The van der Waals surface area contributed by atoms with Crippen molar-refractivity contribution in [3.63, 3.8) is 0 Å². The Morgan fingerprint density at radius 2 is 2.06 bits per heavy atom. The van der Waals surface area contributed by atoms with Crippen LogP contribution in [0, 0.1) is 5.82 Å². The smallest absolute Gasteiger partial charge is 0.154 e. The van der Waals surface area contributed by atoms with Crippen molar-refractivity contribution >= 4 is 9.84 Å². The zero-order chi connectivity index (χ0) is 12.2. The summed E-state index contributed by atoms with van der Waals surface area (Å²) in [6.07, 6.45) is 0.591. The van der Waals surface area contributed by atoms with Gasteiger partial charge in [0.2, 0.25) is 0 Å². The molecule has 16 heavy (non-hydrogen) atoms. The minimum absolute atomic E-state index is 0.0475. The fourth-order valence-electron chi connectivity index (χ4n) is 1.51. The normalized spacial score (nSPS) is 11.7. The lowest BCUT2D eigenvalue weighted by Gasteiger charge is -2.05. The van der Waals surface area contributed by atoms with Gasteiger partial charge in [-0.15, -0.1) is 0 Å². The molecule has 0 aromatic heterocycles. The first-order valence-corrected chi connectivity index (χ1v) is 6.98. The standard InChI is InChI=1S/C11H16FNO2S/c1-2-5-16(14,15)8-9-3-4-11(12)10(6-9)7-13/h3-4,6H,2,5,7-8,13H2,1H3. The molecule has 0 saturated heterocycles.